The second kappa shape index (κ2) is 11.5. The third-order valence-electron chi connectivity index (χ3n) is 3.68. The van der Waals surface area contributed by atoms with E-state index < -0.39 is 0 Å². The first-order valence-electron chi connectivity index (χ1n) is 8.79. The van der Waals surface area contributed by atoms with E-state index in [9.17, 15) is 4.79 Å². The van der Waals surface area contributed by atoms with Crippen LogP contribution in [0.15, 0.2) is 64.5 Å². The molecule has 0 saturated heterocycles. The Morgan fingerprint density at radius 2 is 1.70 bits per heavy atom. The van der Waals surface area contributed by atoms with Crippen molar-refractivity contribution in [3.05, 3.63) is 65.2 Å². The van der Waals surface area contributed by atoms with Gasteiger partial charge in [-0.05, 0) is 24.3 Å². The molecule has 144 valence electrons. The Morgan fingerprint density at radius 1 is 1.04 bits per heavy atom. The quantitative estimate of drug-likeness (QED) is 0.273. The molecule has 1 unspecified atom stereocenters. The minimum atomic E-state index is -0.182. The molecule has 2 aromatic rings. The molecular formula is C20H25ClN4OS. The summed E-state index contributed by atoms with van der Waals surface area (Å²) in [4.78, 5) is 17.6. The van der Waals surface area contributed by atoms with Crippen LogP contribution < -0.4 is 16.0 Å². The lowest BCUT2D eigenvalue weighted by molar-refractivity contribution is 0.0954. The molecule has 0 aliphatic rings. The first-order chi connectivity index (χ1) is 13.1. The average molecular weight is 405 g/mol. The molecule has 27 heavy (non-hydrogen) atoms. The second-order valence-corrected chi connectivity index (χ2v) is 7.78. The summed E-state index contributed by atoms with van der Waals surface area (Å²) in [5, 5.41) is 10.2. The molecule has 0 spiro atoms. The van der Waals surface area contributed by atoms with Crippen molar-refractivity contribution in [3.8, 4) is 0 Å². The number of hydrogen-bond acceptors (Lipinski definition) is 3. The largest absolute Gasteiger partial charge is 0.355 e. The maximum absolute atomic E-state index is 12.1. The minimum Gasteiger partial charge on any atom is -0.355 e. The van der Waals surface area contributed by atoms with E-state index >= 15 is 0 Å². The van der Waals surface area contributed by atoms with Crippen LogP contribution in [0.4, 0.5) is 0 Å². The molecule has 0 fully saturated rings. The number of carbonyl (C=O) groups excluding carboxylic acids is 1. The molecule has 0 radical (unpaired) electrons. The van der Waals surface area contributed by atoms with E-state index in [1.54, 1.807) is 31.3 Å². The van der Waals surface area contributed by atoms with Crippen molar-refractivity contribution in [1.29, 1.82) is 0 Å². The summed E-state index contributed by atoms with van der Waals surface area (Å²) in [6.45, 7) is 3.99. The number of amides is 1. The summed E-state index contributed by atoms with van der Waals surface area (Å²) in [7, 11) is 1.73. The molecule has 3 N–H and O–H groups in total. The lowest BCUT2D eigenvalue weighted by atomic mass is 10.2. The summed E-state index contributed by atoms with van der Waals surface area (Å²) >= 11 is 7.84. The van der Waals surface area contributed by atoms with Crippen molar-refractivity contribution in [1.82, 2.24) is 16.0 Å². The van der Waals surface area contributed by atoms with E-state index in [0.717, 1.165) is 6.54 Å². The Hall–Kier alpha value is -2.18. The fraction of sp³-hybridized carbons (Fsp3) is 0.300. The Bertz CT molecular complexity index is 755. The Balaban J connectivity index is 1.67. The molecular weight excluding hydrogens is 380 g/mol. The molecule has 5 nitrogen and oxygen atoms in total. The topological polar surface area (TPSA) is 65.5 Å². The van der Waals surface area contributed by atoms with Crippen LogP contribution in [-0.2, 0) is 0 Å². The Morgan fingerprint density at radius 3 is 2.41 bits per heavy atom. The minimum absolute atomic E-state index is 0.182. The summed E-state index contributed by atoms with van der Waals surface area (Å²) in [6, 6.07) is 17.3. The molecule has 2 rings (SSSR count). The number of aliphatic imine (C=N–C) groups is 1. The Kier molecular flexibility index (Phi) is 9.01. The first-order valence-corrected chi connectivity index (χ1v) is 10.0. The zero-order chi connectivity index (χ0) is 19.5. The van der Waals surface area contributed by atoms with Crippen molar-refractivity contribution in [2.75, 3.05) is 26.7 Å². The van der Waals surface area contributed by atoms with Crippen molar-refractivity contribution in [2.45, 2.75) is 17.1 Å². The normalized spacial score (nSPS) is 12.3. The van der Waals surface area contributed by atoms with E-state index in [-0.39, 0.29) is 5.91 Å². The predicted octanol–water partition coefficient (Wildman–Crippen LogP) is 3.42. The van der Waals surface area contributed by atoms with Gasteiger partial charge in [0.15, 0.2) is 5.96 Å². The SMILES string of the molecule is CN=C(NCCNC(=O)c1ccccc1Cl)NCC(C)Sc1ccccc1. The van der Waals surface area contributed by atoms with E-state index in [0.29, 0.717) is 34.9 Å². The van der Waals surface area contributed by atoms with Crippen LogP contribution in [0.2, 0.25) is 5.02 Å². The maximum Gasteiger partial charge on any atom is 0.252 e. The second-order valence-electron chi connectivity index (χ2n) is 5.86. The van der Waals surface area contributed by atoms with Gasteiger partial charge in [-0.15, -0.1) is 11.8 Å². The van der Waals surface area contributed by atoms with Gasteiger partial charge < -0.3 is 16.0 Å². The van der Waals surface area contributed by atoms with Gasteiger partial charge in [-0.25, -0.2) is 0 Å². The molecule has 2 aromatic carbocycles. The average Bonchev–Trinajstić information content (AvgIpc) is 2.68. The molecule has 1 atom stereocenters. The zero-order valence-electron chi connectivity index (χ0n) is 15.5. The molecule has 7 heteroatoms. The number of benzene rings is 2. The van der Waals surface area contributed by atoms with E-state index in [4.69, 9.17) is 11.6 Å². The van der Waals surface area contributed by atoms with Crippen LogP contribution in [0.3, 0.4) is 0 Å². The van der Waals surface area contributed by atoms with Gasteiger partial charge in [0.05, 0.1) is 10.6 Å². The number of rotatable bonds is 8. The lowest BCUT2D eigenvalue weighted by Crippen LogP contribution is -2.43. The molecule has 0 aliphatic carbocycles. The number of nitrogens with zero attached hydrogens (tertiary/aromatic N) is 1. The first kappa shape index (κ1) is 21.1. The van der Waals surface area contributed by atoms with Crippen LogP contribution in [-0.4, -0.2) is 43.8 Å². The van der Waals surface area contributed by atoms with Crippen molar-refractivity contribution in [3.63, 3.8) is 0 Å². The highest BCUT2D eigenvalue weighted by molar-refractivity contribution is 8.00. The monoisotopic (exact) mass is 404 g/mol. The van der Waals surface area contributed by atoms with Crippen molar-refractivity contribution in [2.24, 2.45) is 4.99 Å². The summed E-state index contributed by atoms with van der Waals surface area (Å²) in [5.41, 5.74) is 0.480. The highest BCUT2D eigenvalue weighted by Crippen LogP contribution is 2.21. The van der Waals surface area contributed by atoms with E-state index in [1.165, 1.54) is 4.90 Å². The standard InChI is InChI=1S/C20H25ClN4OS/c1-15(27-16-8-4-3-5-9-16)14-25-20(22-2)24-13-12-23-19(26)17-10-6-7-11-18(17)21/h3-11,15H,12-14H2,1-2H3,(H,23,26)(H2,22,24,25). The molecule has 0 saturated carbocycles. The fourth-order valence-electron chi connectivity index (χ4n) is 2.33. The van der Waals surface area contributed by atoms with Crippen LogP contribution in [0.25, 0.3) is 0 Å². The van der Waals surface area contributed by atoms with Crippen LogP contribution in [0.5, 0.6) is 0 Å². The number of halogens is 1. The third kappa shape index (κ3) is 7.53. The molecule has 0 heterocycles. The van der Waals surface area contributed by atoms with E-state index in [2.05, 4.69) is 40.0 Å². The third-order valence-corrected chi connectivity index (χ3v) is 5.13. The van der Waals surface area contributed by atoms with Crippen molar-refractivity contribution >= 4 is 35.2 Å². The highest BCUT2D eigenvalue weighted by Gasteiger charge is 2.09. The predicted molar refractivity (Wildman–Crippen MR) is 115 cm³/mol. The van der Waals surface area contributed by atoms with Gasteiger partial charge in [-0.1, -0.05) is 48.9 Å². The van der Waals surface area contributed by atoms with Gasteiger partial charge >= 0.3 is 0 Å². The maximum atomic E-state index is 12.1. The number of guanidine groups is 1. The molecule has 0 aliphatic heterocycles. The fourth-order valence-corrected chi connectivity index (χ4v) is 3.50. The van der Waals surface area contributed by atoms with E-state index in [1.807, 2.05) is 30.0 Å². The lowest BCUT2D eigenvalue weighted by Gasteiger charge is -2.16. The number of hydrogen-bond donors (Lipinski definition) is 3. The van der Waals surface area contributed by atoms with Crippen LogP contribution >= 0.6 is 23.4 Å². The smallest absolute Gasteiger partial charge is 0.252 e. The number of carbonyl (C=O) groups is 1. The number of thioether (sulfide) groups is 1. The molecule has 1 amide bonds. The Labute approximate surface area is 170 Å². The number of nitrogens with one attached hydrogen (secondary N) is 3. The van der Waals surface area contributed by atoms with Crippen molar-refractivity contribution < 1.29 is 4.79 Å². The van der Waals surface area contributed by atoms with Gasteiger partial charge in [0, 0.05) is 36.8 Å². The van der Waals surface area contributed by atoms with Crippen LogP contribution in [0.1, 0.15) is 17.3 Å². The molecule has 0 aromatic heterocycles. The highest BCUT2D eigenvalue weighted by atomic mass is 35.5. The van der Waals surface area contributed by atoms with Gasteiger partial charge in [-0.2, -0.15) is 0 Å². The van der Waals surface area contributed by atoms with Crippen LogP contribution in [0, 0.1) is 0 Å². The summed E-state index contributed by atoms with van der Waals surface area (Å²) < 4.78 is 0. The summed E-state index contributed by atoms with van der Waals surface area (Å²) in [6.07, 6.45) is 0. The van der Waals surface area contributed by atoms with Gasteiger partial charge in [0.25, 0.3) is 5.91 Å². The van der Waals surface area contributed by atoms with Gasteiger partial charge in [0.2, 0.25) is 0 Å². The van der Waals surface area contributed by atoms with Gasteiger partial charge in [-0.3, -0.25) is 9.79 Å². The zero-order valence-corrected chi connectivity index (χ0v) is 17.1. The summed E-state index contributed by atoms with van der Waals surface area (Å²) in [5.74, 6) is 0.528. The van der Waals surface area contributed by atoms with Gasteiger partial charge in [0.1, 0.15) is 0 Å². The molecule has 0 bridgehead atoms.